The normalized spacial score (nSPS) is 18.5. The highest BCUT2D eigenvalue weighted by Crippen LogP contribution is 2.58. The Morgan fingerprint density at radius 3 is 1.47 bits per heavy atom. The fraction of sp³-hybridized carbons (Fsp3) is 0. The zero-order valence-corrected chi connectivity index (χ0v) is 19.7. The maximum absolute atomic E-state index is 15.2. The van der Waals surface area contributed by atoms with Gasteiger partial charge in [-0.2, -0.15) is 0 Å². The molecule has 0 amide bonds. The molecule has 2 aliphatic carbocycles. The van der Waals surface area contributed by atoms with E-state index in [2.05, 4.69) is 37.1 Å². The Hall–Kier alpha value is -2.63. The number of benzene rings is 3. The maximum Gasteiger partial charge on any atom is 0.167 e. The zero-order chi connectivity index (χ0) is 23.2. The summed E-state index contributed by atoms with van der Waals surface area (Å²) in [5.74, 6) is 2.11. The van der Waals surface area contributed by atoms with Crippen LogP contribution in [-0.2, 0) is 4.57 Å². The van der Waals surface area contributed by atoms with Crippen LogP contribution in [0.3, 0.4) is 0 Å². The van der Waals surface area contributed by atoms with Crippen LogP contribution in [0, 0.1) is 63.2 Å². The third-order valence-corrected chi connectivity index (χ3v) is 9.14. The molecular formula is C32H25OP. The van der Waals surface area contributed by atoms with E-state index in [0.717, 1.165) is 38.9 Å². The Morgan fingerprint density at radius 1 is 0.529 bits per heavy atom. The van der Waals surface area contributed by atoms with Gasteiger partial charge < -0.3 is 4.57 Å². The molecule has 3 aromatic carbocycles. The van der Waals surface area contributed by atoms with E-state index in [9.17, 15) is 0 Å². The summed E-state index contributed by atoms with van der Waals surface area (Å²) in [6.45, 7) is 0. The van der Waals surface area contributed by atoms with Gasteiger partial charge in [-0.25, -0.2) is 0 Å². The van der Waals surface area contributed by atoms with Crippen LogP contribution < -0.4 is 10.6 Å². The monoisotopic (exact) mass is 456 g/mol. The molecule has 0 aliphatic heterocycles. The van der Waals surface area contributed by atoms with E-state index >= 15 is 4.57 Å². The Labute approximate surface area is 205 Å². The highest BCUT2D eigenvalue weighted by molar-refractivity contribution is 7.82. The number of hydrogen-bond donors (Lipinski definition) is 0. The SMILES string of the molecule is O=P(/C(=C/C=C(\[C]1[CH][CH][CH][CH]1)c1ccccc1)[C]1[CH][CH][CH][CH]1)(c1ccccc1)c1ccccc1. The van der Waals surface area contributed by atoms with Crippen LogP contribution in [0.25, 0.3) is 5.57 Å². The molecule has 3 aromatic rings. The molecule has 0 bridgehead atoms. The summed E-state index contributed by atoms with van der Waals surface area (Å²) < 4.78 is 15.2. The van der Waals surface area contributed by atoms with Crippen LogP contribution in [0.5, 0.6) is 0 Å². The van der Waals surface area contributed by atoms with Crippen molar-refractivity contribution >= 4 is 23.3 Å². The summed E-state index contributed by atoms with van der Waals surface area (Å²) in [6.07, 6.45) is 20.6. The second-order valence-electron chi connectivity index (χ2n) is 8.13. The molecule has 1 nitrogen and oxygen atoms in total. The van der Waals surface area contributed by atoms with Crippen molar-refractivity contribution in [3.8, 4) is 0 Å². The molecule has 164 valence electrons. The number of allylic oxidation sites excluding steroid dienone is 4. The van der Waals surface area contributed by atoms with Gasteiger partial charge in [-0.1, -0.05) is 103 Å². The third kappa shape index (κ3) is 4.77. The van der Waals surface area contributed by atoms with Gasteiger partial charge in [-0.3, -0.25) is 0 Å². The fourth-order valence-electron chi connectivity index (χ4n) is 4.32. The Kier molecular flexibility index (Phi) is 7.31. The maximum atomic E-state index is 15.2. The lowest BCUT2D eigenvalue weighted by atomic mass is 9.90. The molecule has 2 fully saturated rings. The van der Waals surface area contributed by atoms with E-state index in [4.69, 9.17) is 0 Å². The molecule has 2 heteroatoms. The lowest BCUT2D eigenvalue weighted by Crippen LogP contribution is -2.20. The molecule has 34 heavy (non-hydrogen) atoms. The molecular weight excluding hydrogens is 431 g/mol. The topological polar surface area (TPSA) is 17.1 Å². The van der Waals surface area contributed by atoms with Gasteiger partial charge in [0.05, 0.1) is 0 Å². The van der Waals surface area contributed by atoms with Crippen molar-refractivity contribution in [2.45, 2.75) is 0 Å². The summed E-state index contributed by atoms with van der Waals surface area (Å²) in [7, 11) is -3.13. The van der Waals surface area contributed by atoms with Gasteiger partial charge in [0, 0.05) is 27.8 Å². The smallest absolute Gasteiger partial charge is 0.167 e. The van der Waals surface area contributed by atoms with Crippen molar-refractivity contribution in [3.05, 3.63) is 177 Å². The van der Waals surface area contributed by atoms with Gasteiger partial charge in [-0.05, 0) is 62.5 Å². The van der Waals surface area contributed by atoms with E-state index in [1.807, 2.05) is 117 Å². The lowest BCUT2D eigenvalue weighted by Gasteiger charge is -2.26. The lowest BCUT2D eigenvalue weighted by molar-refractivity contribution is 0.590. The predicted octanol–water partition coefficient (Wildman–Crippen LogP) is 6.78. The van der Waals surface area contributed by atoms with Crippen molar-refractivity contribution in [2.24, 2.45) is 0 Å². The summed E-state index contributed by atoms with van der Waals surface area (Å²) in [4.78, 5) is 0. The van der Waals surface area contributed by atoms with E-state index < -0.39 is 7.14 Å². The van der Waals surface area contributed by atoms with Gasteiger partial charge in [-0.15, -0.1) is 0 Å². The highest BCUT2D eigenvalue weighted by atomic mass is 31.2. The molecule has 0 heterocycles. The van der Waals surface area contributed by atoms with Crippen LogP contribution in [0.1, 0.15) is 5.56 Å². The van der Waals surface area contributed by atoms with Gasteiger partial charge in [0.25, 0.3) is 0 Å². The van der Waals surface area contributed by atoms with Gasteiger partial charge >= 0.3 is 0 Å². The molecule has 0 unspecified atom stereocenters. The van der Waals surface area contributed by atoms with Gasteiger partial charge in [0.1, 0.15) is 0 Å². The first-order valence-corrected chi connectivity index (χ1v) is 13.1. The largest absolute Gasteiger partial charge is 0.309 e. The standard InChI is InChI=1S/C32H25OP/c33-34(29-20-6-2-7-21-29,30-22-8-3-9-23-30)32(28-18-12-13-19-28)25-24-31(27-16-10-11-17-27)26-14-4-1-5-15-26/h1-25H/b31-24-,32-25+. The molecule has 0 aromatic heterocycles. The molecule has 0 saturated heterocycles. The summed E-state index contributed by atoms with van der Waals surface area (Å²) >= 11 is 0. The minimum Gasteiger partial charge on any atom is -0.309 e. The summed E-state index contributed by atoms with van der Waals surface area (Å²) in [6, 6.07) is 30.0. The Morgan fingerprint density at radius 2 is 0.971 bits per heavy atom. The molecule has 0 N–H and O–H groups in total. The van der Waals surface area contributed by atoms with E-state index in [1.165, 1.54) is 0 Å². The quantitative estimate of drug-likeness (QED) is 0.283. The predicted molar refractivity (Wildman–Crippen MR) is 143 cm³/mol. The minimum absolute atomic E-state index is 0.829. The third-order valence-electron chi connectivity index (χ3n) is 6.00. The molecule has 2 aliphatic rings. The summed E-state index contributed by atoms with van der Waals surface area (Å²) in [5.41, 5.74) is 2.23. The molecule has 10 radical (unpaired) electrons. The van der Waals surface area contributed by atoms with Gasteiger partial charge in [0.15, 0.2) is 7.14 Å². The van der Waals surface area contributed by atoms with Crippen molar-refractivity contribution < 1.29 is 4.57 Å². The van der Waals surface area contributed by atoms with Crippen molar-refractivity contribution in [1.29, 1.82) is 0 Å². The number of rotatable bonds is 7. The molecule has 2 saturated carbocycles. The second-order valence-corrected chi connectivity index (χ2v) is 10.9. The first-order chi connectivity index (χ1) is 16.8. The average molecular weight is 457 g/mol. The van der Waals surface area contributed by atoms with Crippen LogP contribution in [0.15, 0.2) is 108 Å². The highest BCUT2D eigenvalue weighted by Gasteiger charge is 2.37. The van der Waals surface area contributed by atoms with Crippen LogP contribution >= 0.6 is 7.14 Å². The Balaban J connectivity index is 1.69. The van der Waals surface area contributed by atoms with E-state index in [-0.39, 0.29) is 0 Å². The zero-order valence-electron chi connectivity index (χ0n) is 18.8. The van der Waals surface area contributed by atoms with E-state index in [0.29, 0.717) is 0 Å². The Bertz CT molecular complexity index is 1120. The molecule has 5 rings (SSSR count). The fourth-order valence-corrected chi connectivity index (χ4v) is 7.16. The van der Waals surface area contributed by atoms with E-state index in [1.54, 1.807) is 0 Å². The summed E-state index contributed by atoms with van der Waals surface area (Å²) in [5, 5.41) is 2.49. The molecule has 0 atom stereocenters. The van der Waals surface area contributed by atoms with Crippen molar-refractivity contribution in [2.75, 3.05) is 0 Å². The van der Waals surface area contributed by atoms with Crippen LogP contribution in [-0.4, -0.2) is 0 Å². The first-order valence-electron chi connectivity index (χ1n) is 11.4. The van der Waals surface area contributed by atoms with Crippen LogP contribution in [0.2, 0.25) is 0 Å². The average Bonchev–Trinajstić information content (AvgIpc) is 3.63. The van der Waals surface area contributed by atoms with Gasteiger partial charge in [0.2, 0.25) is 0 Å². The minimum atomic E-state index is -3.13. The van der Waals surface area contributed by atoms with Crippen LogP contribution in [0.4, 0.5) is 0 Å². The molecule has 0 spiro atoms. The number of hydrogen-bond acceptors (Lipinski definition) is 1. The second kappa shape index (κ2) is 10.7. The first kappa shape index (κ1) is 23.1. The van der Waals surface area contributed by atoms with Crippen molar-refractivity contribution in [3.63, 3.8) is 0 Å². The van der Waals surface area contributed by atoms with Crippen molar-refractivity contribution in [1.82, 2.24) is 0 Å².